The Kier molecular flexibility index (Phi) is 19.9. The molecule has 2 radical (unpaired) electrons. The fraction of sp³-hybridized carbons (Fsp3) is 0. The van der Waals surface area contributed by atoms with Gasteiger partial charge < -0.3 is 0 Å². The third-order valence-corrected chi connectivity index (χ3v) is 0. The molecule has 0 aromatic carbocycles. The van der Waals surface area contributed by atoms with Crippen molar-refractivity contribution in [2.24, 2.45) is 0 Å². The van der Waals surface area contributed by atoms with Gasteiger partial charge >= 0.3 is 0 Å². The molecule has 4 heavy (non-hydrogen) atoms. The van der Waals surface area contributed by atoms with E-state index in [1.54, 1.807) is 4.08 Å². The van der Waals surface area contributed by atoms with Crippen LogP contribution in [0.4, 0.5) is 0 Å². The summed E-state index contributed by atoms with van der Waals surface area (Å²) >= 11 is 2.05. The average molecular weight is 178 g/mol. The van der Waals surface area contributed by atoms with Gasteiger partial charge in [0.1, 0.15) is 0 Å². The van der Waals surface area contributed by atoms with Crippen molar-refractivity contribution in [2.45, 2.75) is 0 Å². The molecule has 0 atom stereocenters. The van der Waals surface area contributed by atoms with Crippen LogP contribution in [0.25, 0.3) is 0 Å². The molecule has 0 amide bonds. The summed E-state index contributed by atoms with van der Waals surface area (Å²) in [4.78, 5) is 0. The third kappa shape index (κ3) is 10.6. The first-order valence-electron chi connectivity index (χ1n) is 0.626. The van der Waals surface area contributed by atoms with Gasteiger partial charge in [0.25, 0.3) is 0 Å². The van der Waals surface area contributed by atoms with E-state index in [2.05, 4.69) is 29.2 Å². The lowest BCUT2D eigenvalue weighted by Gasteiger charge is -1.27. The van der Waals surface area contributed by atoms with Crippen LogP contribution in [0.15, 0.2) is 10.7 Å². The zero-order valence-corrected chi connectivity index (χ0v) is 5.94. The molecule has 0 nitrogen and oxygen atoms in total. The Balaban J connectivity index is 0. The maximum atomic E-state index is 3.35. The zero-order valence-electron chi connectivity index (χ0n) is 2.37. The van der Waals surface area contributed by atoms with Gasteiger partial charge in [-0.2, -0.15) is 0 Å². The van der Waals surface area contributed by atoms with Crippen LogP contribution >= 0.6 is 22.6 Å². The highest BCUT2D eigenvalue weighted by atomic mass is 127. The van der Waals surface area contributed by atoms with Crippen LogP contribution in [-0.2, 0) is 0 Å². The van der Waals surface area contributed by atoms with Crippen molar-refractivity contribution in [3.8, 4) is 0 Å². The normalized spacial score (nSPS) is 3.25. The van der Waals surface area contributed by atoms with Crippen molar-refractivity contribution in [1.82, 2.24) is 0 Å². The molecule has 0 spiro atoms. The predicted octanol–water partition coefficient (Wildman–Crippen LogP) is 1.18. The third-order valence-electron chi connectivity index (χ3n) is 0. The molecule has 0 fully saturated rings. The molecule has 0 bridgehead atoms. The lowest BCUT2D eigenvalue weighted by molar-refractivity contribution is 2.76. The molecule has 0 unspecified atom stereocenters. The Bertz CT molecular complexity index is 13.5. The number of hydrogen-bond acceptors (Lipinski definition) is 0. The van der Waals surface area contributed by atoms with E-state index in [-0.39, 0.29) is 23.1 Å². The van der Waals surface area contributed by atoms with Gasteiger partial charge in [-0.1, -0.05) is 29.2 Å². The SMILES string of the molecule is C=CI.[Mg]. The largest absolute Gasteiger partial charge is 0.0930 e. The highest BCUT2D eigenvalue weighted by molar-refractivity contribution is 14.1. The summed E-state index contributed by atoms with van der Waals surface area (Å²) in [6.07, 6.45) is 0. The van der Waals surface area contributed by atoms with Crippen molar-refractivity contribution in [2.75, 3.05) is 0 Å². The predicted molar refractivity (Wildman–Crippen MR) is 30.0 cm³/mol. The van der Waals surface area contributed by atoms with Crippen LogP contribution in [-0.4, -0.2) is 23.1 Å². The highest BCUT2D eigenvalue weighted by Crippen LogP contribution is 1.70. The van der Waals surface area contributed by atoms with Crippen molar-refractivity contribution < 1.29 is 0 Å². The molecule has 0 aliphatic carbocycles. The van der Waals surface area contributed by atoms with Crippen molar-refractivity contribution >= 4 is 45.6 Å². The first-order valence-corrected chi connectivity index (χ1v) is 1.87. The molecular formula is C2H3IMg. The highest BCUT2D eigenvalue weighted by Gasteiger charge is 1.18. The van der Waals surface area contributed by atoms with Crippen LogP contribution in [0.1, 0.15) is 0 Å². The standard InChI is InChI=1S/C2H3I.Mg/c1-2-3;/h2H,1H2;. The Morgan fingerprint density at radius 2 is 1.75 bits per heavy atom. The van der Waals surface area contributed by atoms with Crippen molar-refractivity contribution in [1.29, 1.82) is 0 Å². The Morgan fingerprint density at radius 3 is 1.75 bits per heavy atom. The quantitative estimate of drug-likeness (QED) is 0.386. The van der Waals surface area contributed by atoms with E-state index in [4.69, 9.17) is 0 Å². The molecule has 0 aliphatic heterocycles. The summed E-state index contributed by atoms with van der Waals surface area (Å²) in [7, 11) is 0. The van der Waals surface area contributed by atoms with Gasteiger partial charge in [0.05, 0.1) is 0 Å². The molecular weight excluding hydrogens is 175 g/mol. The maximum Gasteiger partial charge on any atom is 0 e. The molecule has 0 aromatic heterocycles. The van der Waals surface area contributed by atoms with Crippen LogP contribution < -0.4 is 0 Å². The van der Waals surface area contributed by atoms with E-state index >= 15 is 0 Å². The number of hydrogen-bond donors (Lipinski definition) is 0. The lowest BCUT2D eigenvalue weighted by Crippen LogP contribution is -0.888. The number of halogens is 1. The second-order valence-corrected chi connectivity index (χ2v) is 1.04. The molecule has 0 aromatic rings. The van der Waals surface area contributed by atoms with Crippen molar-refractivity contribution in [3.63, 3.8) is 0 Å². The lowest BCUT2D eigenvalue weighted by atomic mass is 11.3. The topological polar surface area (TPSA) is 0 Å². The first-order chi connectivity index (χ1) is 1.41. The minimum atomic E-state index is 0. The molecule has 0 rings (SSSR count). The van der Waals surface area contributed by atoms with Crippen LogP contribution in [0.3, 0.4) is 0 Å². The van der Waals surface area contributed by atoms with Crippen LogP contribution in [0.2, 0.25) is 0 Å². The Hall–Kier alpha value is 1.24. The molecule has 0 aliphatic rings. The summed E-state index contributed by atoms with van der Waals surface area (Å²) in [6.45, 7) is 3.35. The molecule has 0 N–H and O–H groups in total. The van der Waals surface area contributed by atoms with E-state index in [1.165, 1.54) is 0 Å². The fourth-order valence-electron chi connectivity index (χ4n) is 0. The van der Waals surface area contributed by atoms with Crippen LogP contribution in [0.5, 0.6) is 0 Å². The summed E-state index contributed by atoms with van der Waals surface area (Å²) < 4.78 is 1.72. The van der Waals surface area contributed by atoms with Gasteiger partial charge in [-0.25, -0.2) is 0 Å². The summed E-state index contributed by atoms with van der Waals surface area (Å²) in [5, 5.41) is 0. The minimum Gasteiger partial charge on any atom is -0.0930 e. The van der Waals surface area contributed by atoms with Gasteiger partial charge in [0.15, 0.2) is 0 Å². The second kappa shape index (κ2) is 8.87. The Morgan fingerprint density at radius 1 is 1.75 bits per heavy atom. The smallest absolute Gasteiger partial charge is 0 e. The minimum absolute atomic E-state index is 0. The van der Waals surface area contributed by atoms with Gasteiger partial charge in [-0.05, 0) is 4.08 Å². The zero-order chi connectivity index (χ0) is 2.71. The van der Waals surface area contributed by atoms with E-state index in [9.17, 15) is 0 Å². The molecule has 20 valence electrons. The molecule has 0 saturated carbocycles. The van der Waals surface area contributed by atoms with Crippen LogP contribution in [0, 0.1) is 0 Å². The molecule has 0 saturated heterocycles. The van der Waals surface area contributed by atoms with Crippen molar-refractivity contribution in [3.05, 3.63) is 10.7 Å². The first kappa shape index (κ1) is 8.97. The summed E-state index contributed by atoms with van der Waals surface area (Å²) in [5.74, 6) is 0. The van der Waals surface area contributed by atoms with E-state index < -0.39 is 0 Å². The van der Waals surface area contributed by atoms with Gasteiger partial charge in [-0.3, -0.25) is 0 Å². The number of rotatable bonds is 0. The second-order valence-electron chi connectivity index (χ2n) is 0.154. The van der Waals surface area contributed by atoms with Gasteiger partial charge in [0.2, 0.25) is 0 Å². The summed E-state index contributed by atoms with van der Waals surface area (Å²) in [5.41, 5.74) is 0. The van der Waals surface area contributed by atoms with E-state index in [0.29, 0.717) is 0 Å². The maximum absolute atomic E-state index is 3.35. The fourth-order valence-corrected chi connectivity index (χ4v) is 0. The molecule has 2 heteroatoms. The average Bonchev–Trinajstić information content (AvgIpc) is 0.918. The summed E-state index contributed by atoms with van der Waals surface area (Å²) in [6, 6.07) is 0. The van der Waals surface area contributed by atoms with Gasteiger partial charge in [0, 0.05) is 23.1 Å². The molecule has 0 heterocycles. The van der Waals surface area contributed by atoms with Gasteiger partial charge in [-0.15, -0.1) is 0 Å². The Labute approximate surface area is 55.9 Å². The van der Waals surface area contributed by atoms with E-state index in [0.717, 1.165) is 0 Å². The van der Waals surface area contributed by atoms with E-state index in [1.807, 2.05) is 0 Å². The monoisotopic (exact) mass is 178 g/mol.